The van der Waals surface area contributed by atoms with Crippen LogP contribution in [0.1, 0.15) is 48.3 Å². The molecule has 0 spiro atoms. The highest BCUT2D eigenvalue weighted by Crippen LogP contribution is 2.25. The van der Waals surface area contributed by atoms with E-state index in [1.54, 1.807) is 6.92 Å². The molecule has 1 N–H and O–H groups in total. The first-order chi connectivity index (χ1) is 8.80. The van der Waals surface area contributed by atoms with Gasteiger partial charge in [-0.3, -0.25) is 0 Å². The minimum atomic E-state index is -1.09. The Morgan fingerprint density at radius 1 is 1.37 bits per heavy atom. The van der Waals surface area contributed by atoms with E-state index in [1.807, 2.05) is 20.8 Å². The maximum atomic E-state index is 11.2. The van der Waals surface area contributed by atoms with Gasteiger partial charge in [-0.25, -0.2) is 14.1 Å². The number of aromatic carboxylic acids is 1. The molecule has 2 aromatic rings. The number of hydrogen-bond acceptors (Lipinski definition) is 6. The SMILES string of the molecule is Cc1nonc1Cn1nnc(C(=O)O)c1C(C)(C)C. The number of rotatable bonds is 3. The van der Waals surface area contributed by atoms with Crippen LogP contribution in [0.2, 0.25) is 0 Å². The number of carbonyl (C=O) groups is 1. The fourth-order valence-electron chi connectivity index (χ4n) is 1.84. The summed E-state index contributed by atoms with van der Waals surface area (Å²) >= 11 is 0. The van der Waals surface area contributed by atoms with Crippen LogP contribution in [0.3, 0.4) is 0 Å². The minimum Gasteiger partial charge on any atom is -0.476 e. The monoisotopic (exact) mass is 265 g/mol. The summed E-state index contributed by atoms with van der Waals surface area (Å²) in [5.74, 6) is -1.09. The molecule has 2 heterocycles. The lowest BCUT2D eigenvalue weighted by Gasteiger charge is -2.19. The van der Waals surface area contributed by atoms with E-state index in [0.717, 1.165) is 0 Å². The summed E-state index contributed by atoms with van der Waals surface area (Å²) in [5, 5.41) is 24.2. The van der Waals surface area contributed by atoms with Crippen LogP contribution >= 0.6 is 0 Å². The van der Waals surface area contributed by atoms with Gasteiger partial charge in [0.25, 0.3) is 0 Å². The molecule has 0 radical (unpaired) electrons. The molecule has 0 amide bonds. The average Bonchev–Trinajstić information content (AvgIpc) is 2.85. The van der Waals surface area contributed by atoms with Gasteiger partial charge in [0.1, 0.15) is 11.4 Å². The van der Waals surface area contributed by atoms with Gasteiger partial charge in [0.05, 0.1) is 12.2 Å². The van der Waals surface area contributed by atoms with Crippen molar-refractivity contribution in [2.75, 3.05) is 0 Å². The van der Waals surface area contributed by atoms with E-state index >= 15 is 0 Å². The Morgan fingerprint density at radius 3 is 2.53 bits per heavy atom. The Kier molecular flexibility index (Phi) is 3.09. The predicted molar refractivity (Wildman–Crippen MR) is 63.8 cm³/mol. The van der Waals surface area contributed by atoms with E-state index in [4.69, 9.17) is 5.11 Å². The largest absolute Gasteiger partial charge is 0.476 e. The highest BCUT2D eigenvalue weighted by molar-refractivity contribution is 5.86. The molecule has 0 saturated heterocycles. The third-order valence-corrected chi connectivity index (χ3v) is 2.69. The number of carboxylic acids is 1. The van der Waals surface area contributed by atoms with Gasteiger partial charge in [-0.2, -0.15) is 0 Å². The third-order valence-electron chi connectivity index (χ3n) is 2.69. The van der Waals surface area contributed by atoms with E-state index in [2.05, 4.69) is 25.3 Å². The first kappa shape index (κ1) is 13.2. The van der Waals surface area contributed by atoms with Gasteiger partial charge >= 0.3 is 5.97 Å². The zero-order chi connectivity index (χ0) is 14.2. The number of aromatic nitrogens is 5. The lowest BCUT2D eigenvalue weighted by atomic mass is 9.90. The first-order valence-electron chi connectivity index (χ1n) is 5.76. The van der Waals surface area contributed by atoms with Gasteiger partial charge in [-0.05, 0) is 6.92 Å². The first-order valence-corrected chi connectivity index (χ1v) is 5.76. The topological polar surface area (TPSA) is 107 Å². The molecule has 0 atom stereocenters. The quantitative estimate of drug-likeness (QED) is 0.882. The maximum absolute atomic E-state index is 11.2. The van der Waals surface area contributed by atoms with Crippen LogP contribution in [0.5, 0.6) is 0 Å². The van der Waals surface area contributed by atoms with Crippen molar-refractivity contribution in [1.29, 1.82) is 0 Å². The molecule has 0 unspecified atom stereocenters. The molecule has 0 aliphatic carbocycles. The lowest BCUT2D eigenvalue weighted by molar-refractivity contribution is 0.0687. The summed E-state index contributed by atoms with van der Waals surface area (Å²) < 4.78 is 6.14. The van der Waals surface area contributed by atoms with Gasteiger partial charge in [0.15, 0.2) is 5.69 Å². The molecular weight excluding hydrogens is 250 g/mol. The summed E-state index contributed by atoms with van der Waals surface area (Å²) in [6.45, 7) is 7.76. The van der Waals surface area contributed by atoms with Gasteiger partial charge in [-0.15, -0.1) is 5.10 Å². The molecule has 8 heteroatoms. The standard InChI is InChI=1S/C11H15N5O3/c1-6-7(14-19-13-6)5-16-9(11(2,3)4)8(10(17)18)12-15-16/h5H2,1-4H3,(H,17,18). The highest BCUT2D eigenvalue weighted by atomic mass is 16.6. The van der Waals surface area contributed by atoms with Crippen molar-refractivity contribution in [1.82, 2.24) is 25.3 Å². The highest BCUT2D eigenvalue weighted by Gasteiger charge is 2.29. The minimum absolute atomic E-state index is 0.0402. The zero-order valence-corrected chi connectivity index (χ0v) is 11.2. The second kappa shape index (κ2) is 4.45. The number of aryl methyl sites for hydroxylation is 1. The van der Waals surface area contributed by atoms with Crippen molar-refractivity contribution < 1.29 is 14.5 Å². The summed E-state index contributed by atoms with van der Waals surface area (Å²) in [5.41, 5.74) is 1.35. The molecule has 102 valence electrons. The molecule has 0 saturated carbocycles. The Bertz CT molecular complexity index is 608. The van der Waals surface area contributed by atoms with Crippen LogP contribution in [-0.2, 0) is 12.0 Å². The van der Waals surface area contributed by atoms with Gasteiger partial charge in [-0.1, -0.05) is 36.3 Å². The molecule has 0 aliphatic rings. The van der Waals surface area contributed by atoms with Crippen LogP contribution in [0.25, 0.3) is 0 Å². The maximum Gasteiger partial charge on any atom is 0.358 e. The van der Waals surface area contributed by atoms with Crippen LogP contribution in [0.15, 0.2) is 4.63 Å². The second-order valence-corrected chi connectivity index (χ2v) is 5.30. The van der Waals surface area contributed by atoms with Gasteiger partial charge in [0.2, 0.25) is 0 Å². The van der Waals surface area contributed by atoms with Gasteiger partial charge < -0.3 is 5.11 Å². The Hall–Kier alpha value is -2.25. The van der Waals surface area contributed by atoms with Crippen molar-refractivity contribution in [3.8, 4) is 0 Å². The normalized spacial score (nSPS) is 11.8. The van der Waals surface area contributed by atoms with Crippen molar-refractivity contribution in [2.24, 2.45) is 0 Å². The Labute approximate surface area is 109 Å². The third kappa shape index (κ3) is 2.47. The summed E-state index contributed by atoms with van der Waals surface area (Å²) in [4.78, 5) is 11.2. The molecule has 19 heavy (non-hydrogen) atoms. The fraction of sp³-hybridized carbons (Fsp3) is 0.545. The molecule has 2 aromatic heterocycles. The molecule has 8 nitrogen and oxygen atoms in total. The van der Waals surface area contributed by atoms with Crippen LogP contribution in [0.4, 0.5) is 0 Å². The summed E-state index contributed by atoms with van der Waals surface area (Å²) in [6.07, 6.45) is 0. The van der Waals surface area contributed by atoms with Crippen molar-refractivity contribution in [3.05, 3.63) is 22.8 Å². The molecule has 0 fully saturated rings. The lowest BCUT2D eigenvalue weighted by Crippen LogP contribution is -2.22. The number of nitrogens with zero attached hydrogens (tertiary/aromatic N) is 5. The van der Waals surface area contributed by atoms with Crippen molar-refractivity contribution in [3.63, 3.8) is 0 Å². The molecule has 2 rings (SSSR count). The van der Waals surface area contributed by atoms with Crippen LogP contribution < -0.4 is 0 Å². The molecule has 0 aromatic carbocycles. The Balaban J connectivity index is 2.47. The average molecular weight is 265 g/mol. The summed E-state index contributed by atoms with van der Waals surface area (Å²) in [7, 11) is 0. The second-order valence-electron chi connectivity index (χ2n) is 5.30. The van der Waals surface area contributed by atoms with Crippen LogP contribution in [-0.4, -0.2) is 36.4 Å². The smallest absolute Gasteiger partial charge is 0.358 e. The molecule has 0 bridgehead atoms. The van der Waals surface area contributed by atoms with Crippen molar-refractivity contribution >= 4 is 5.97 Å². The van der Waals surface area contributed by atoms with Crippen molar-refractivity contribution in [2.45, 2.75) is 39.7 Å². The van der Waals surface area contributed by atoms with Gasteiger partial charge in [0, 0.05) is 5.41 Å². The zero-order valence-electron chi connectivity index (χ0n) is 11.2. The molecular formula is C11H15N5O3. The number of carboxylic acid groups (broad SMARTS) is 1. The van der Waals surface area contributed by atoms with E-state index in [-0.39, 0.29) is 12.2 Å². The molecule has 0 aliphatic heterocycles. The van der Waals surface area contributed by atoms with E-state index < -0.39 is 11.4 Å². The van der Waals surface area contributed by atoms with Crippen LogP contribution in [0, 0.1) is 6.92 Å². The summed E-state index contributed by atoms with van der Waals surface area (Å²) in [6, 6.07) is 0. The van der Waals surface area contributed by atoms with E-state index in [1.165, 1.54) is 4.68 Å². The Morgan fingerprint density at radius 2 is 2.05 bits per heavy atom. The fourth-order valence-corrected chi connectivity index (χ4v) is 1.84. The van der Waals surface area contributed by atoms with E-state index in [0.29, 0.717) is 17.1 Å². The number of hydrogen-bond donors (Lipinski definition) is 1. The van der Waals surface area contributed by atoms with E-state index in [9.17, 15) is 4.79 Å². The predicted octanol–water partition coefficient (Wildman–Crippen LogP) is 1.01.